The zero-order chi connectivity index (χ0) is 21.4. The molecule has 0 atom stereocenters. The number of hydrogen-bond acceptors (Lipinski definition) is 6. The number of aromatic nitrogens is 2. The van der Waals surface area contributed by atoms with Gasteiger partial charge in [-0.05, 0) is 35.9 Å². The quantitative estimate of drug-likeness (QED) is 0.634. The van der Waals surface area contributed by atoms with E-state index in [9.17, 15) is 14.0 Å². The molecule has 0 radical (unpaired) electrons. The van der Waals surface area contributed by atoms with E-state index in [0.29, 0.717) is 18.6 Å². The number of rotatable bonds is 4. The Hall–Kier alpha value is -3.46. The average Bonchev–Trinajstić information content (AvgIpc) is 3.24. The number of fused-ring (bicyclic) bond motifs is 2. The first-order valence-electron chi connectivity index (χ1n) is 10.1. The van der Waals surface area contributed by atoms with E-state index in [2.05, 4.69) is 9.88 Å². The van der Waals surface area contributed by atoms with E-state index in [0.717, 1.165) is 42.8 Å². The van der Waals surface area contributed by atoms with Gasteiger partial charge in [-0.1, -0.05) is 6.07 Å². The number of carbonyl (C=O) groups excluding carboxylic acids is 1. The monoisotopic (exact) mass is 424 g/mol. The van der Waals surface area contributed by atoms with Gasteiger partial charge in [0.1, 0.15) is 12.4 Å². The lowest BCUT2D eigenvalue weighted by atomic mass is 10.1. The minimum Gasteiger partial charge on any atom is -0.454 e. The van der Waals surface area contributed by atoms with Gasteiger partial charge in [-0.25, -0.2) is 9.37 Å². The largest absolute Gasteiger partial charge is 0.454 e. The lowest BCUT2D eigenvalue weighted by Crippen LogP contribution is -2.49. The number of amides is 1. The minimum atomic E-state index is -0.506. The molecule has 5 rings (SSSR count). The summed E-state index contributed by atoms with van der Waals surface area (Å²) in [5.41, 5.74) is 1.12. The van der Waals surface area contributed by atoms with Crippen LogP contribution in [-0.4, -0.2) is 58.2 Å². The molecule has 1 aromatic heterocycles. The Kier molecular flexibility index (Phi) is 5.03. The van der Waals surface area contributed by atoms with Gasteiger partial charge in [0, 0.05) is 32.7 Å². The van der Waals surface area contributed by atoms with Crippen molar-refractivity contribution >= 4 is 16.8 Å². The summed E-state index contributed by atoms with van der Waals surface area (Å²) in [5.74, 6) is 0.873. The maximum Gasteiger partial charge on any atom is 0.261 e. The van der Waals surface area contributed by atoms with Crippen molar-refractivity contribution in [2.24, 2.45) is 0 Å². The molecule has 3 heterocycles. The van der Waals surface area contributed by atoms with Gasteiger partial charge < -0.3 is 14.4 Å². The molecule has 0 unspecified atom stereocenters. The molecule has 1 amide bonds. The van der Waals surface area contributed by atoms with Crippen LogP contribution < -0.4 is 15.0 Å². The molecular weight excluding hydrogens is 403 g/mol. The topological polar surface area (TPSA) is 76.9 Å². The predicted molar refractivity (Wildman–Crippen MR) is 110 cm³/mol. The molecule has 0 N–H and O–H groups in total. The van der Waals surface area contributed by atoms with Crippen molar-refractivity contribution in [3.63, 3.8) is 0 Å². The standard InChI is InChI=1S/C22H21FN4O4/c23-16-2-3-18-17(10-16)22(29)27(13-24-18)12-21(28)26-7-5-25(6-8-26)11-15-1-4-19-20(9-15)31-14-30-19/h1-4,9-10,13H,5-8,11-12,14H2. The summed E-state index contributed by atoms with van der Waals surface area (Å²) < 4.78 is 25.5. The first-order chi connectivity index (χ1) is 15.1. The van der Waals surface area contributed by atoms with Crippen molar-refractivity contribution in [2.75, 3.05) is 33.0 Å². The molecule has 1 saturated heterocycles. The smallest absolute Gasteiger partial charge is 0.261 e. The first kappa shape index (κ1) is 19.5. The van der Waals surface area contributed by atoms with Crippen LogP contribution in [0.3, 0.4) is 0 Å². The van der Waals surface area contributed by atoms with Crippen molar-refractivity contribution in [3.05, 3.63) is 64.5 Å². The molecule has 2 aliphatic rings. The molecule has 160 valence electrons. The zero-order valence-electron chi connectivity index (χ0n) is 16.8. The van der Waals surface area contributed by atoms with Gasteiger partial charge in [0.05, 0.1) is 17.2 Å². The van der Waals surface area contributed by atoms with Gasteiger partial charge >= 0.3 is 0 Å². The molecule has 1 fully saturated rings. The molecule has 2 aromatic carbocycles. The third-order valence-corrected chi connectivity index (χ3v) is 5.66. The molecule has 9 heteroatoms. The molecule has 0 bridgehead atoms. The van der Waals surface area contributed by atoms with E-state index < -0.39 is 11.4 Å². The summed E-state index contributed by atoms with van der Waals surface area (Å²) in [4.78, 5) is 33.5. The van der Waals surface area contributed by atoms with E-state index in [1.165, 1.54) is 23.0 Å². The molecule has 8 nitrogen and oxygen atoms in total. The average molecular weight is 424 g/mol. The third kappa shape index (κ3) is 3.96. The highest BCUT2D eigenvalue weighted by Crippen LogP contribution is 2.32. The zero-order valence-corrected chi connectivity index (χ0v) is 16.8. The minimum absolute atomic E-state index is 0.111. The number of piperazine rings is 1. The van der Waals surface area contributed by atoms with E-state index in [-0.39, 0.29) is 24.6 Å². The van der Waals surface area contributed by atoms with Gasteiger partial charge in [0.15, 0.2) is 11.5 Å². The first-order valence-corrected chi connectivity index (χ1v) is 10.1. The van der Waals surface area contributed by atoms with Gasteiger partial charge in [0.25, 0.3) is 5.56 Å². The van der Waals surface area contributed by atoms with Crippen LogP contribution in [0.1, 0.15) is 5.56 Å². The SMILES string of the molecule is O=C(Cn1cnc2ccc(F)cc2c1=O)N1CCN(Cc2ccc3c(c2)OCO3)CC1. The Bertz CT molecular complexity index is 1200. The molecule has 3 aromatic rings. The Morgan fingerprint density at radius 3 is 2.68 bits per heavy atom. The fourth-order valence-electron chi connectivity index (χ4n) is 3.94. The summed E-state index contributed by atoms with van der Waals surface area (Å²) in [6.45, 7) is 3.52. The van der Waals surface area contributed by atoms with Gasteiger partial charge in [-0.3, -0.25) is 19.1 Å². The van der Waals surface area contributed by atoms with E-state index in [1.807, 2.05) is 18.2 Å². The van der Waals surface area contributed by atoms with Crippen molar-refractivity contribution in [2.45, 2.75) is 13.1 Å². The Morgan fingerprint density at radius 1 is 1.03 bits per heavy atom. The third-order valence-electron chi connectivity index (χ3n) is 5.66. The number of carbonyl (C=O) groups is 1. The lowest BCUT2D eigenvalue weighted by Gasteiger charge is -2.34. The highest BCUT2D eigenvalue weighted by Gasteiger charge is 2.22. The molecule has 2 aliphatic heterocycles. The summed E-state index contributed by atoms with van der Waals surface area (Å²) in [6.07, 6.45) is 1.34. The molecule has 31 heavy (non-hydrogen) atoms. The van der Waals surface area contributed by atoms with Crippen LogP contribution in [0.4, 0.5) is 4.39 Å². The van der Waals surface area contributed by atoms with Crippen molar-refractivity contribution < 1.29 is 18.7 Å². The Morgan fingerprint density at radius 2 is 1.84 bits per heavy atom. The summed E-state index contributed by atoms with van der Waals surface area (Å²) in [7, 11) is 0. The number of halogens is 1. The van der Waals surface area contributed by atoms with Crippen molar-refractivity contribution in [3.8, 4) is 11.5 Å². The van der Waals surface area contributed by atoms with Gasteiger partial charge in [-0.2, -0.15) is 0 Å². The van der Waals surface area contributed by atoms with E-state index in [1.54, 1.807) is 4.90 Å². The van der Waals surface area contributed by atoms with Crippen LogP contribution in [-0.2, 0) is 17.9 Å². The maximum absolute atomic E-state index is 13.5. The summed E-state index contributed by atoms with van der Waals surface area (Å²) >= 11 is 0. The number of benzene rings is 2. The summed E-state index contributed by atoms with van der Waals surface area (Å²) in [6, 6.07) is 9.79. The second-order valence-corrected chi connectivity index (χ2v) is 7.68. The van der Waals surface area contributed by atoms with Gasteiger partial charge in [0.2, 0.25) is 12.7 Å². The van der Waals surface area contributed by atoms with Crippen LogP contribution in [0, 0.1) is 5.82 Å². The van der Waals surface area contributed by atoms with Crippen LogP contribution in [0.2, 0.25) is 0 Å². The van der Waals surface area contributed by atoms with E-state index in [4.69, 9.17) is 9.47 Å². The molecule has 0 saturated carbocycles. The highest BCUT2D eigenvalue weighted by molar-refractivity contribution is 5.79. The Labute approximate surface area is 177 Å². The number of hydrogen-bond donors (Lipinski definition) is 0. The van der Waals surface area contributed by atoms with Gasteiger partial charge in [-0.15, -0.1) is 0 Å². The second-order valence-electron chi connectivity index (χ2n) is 7.68. The van der Waals surface area contributed by atoms with Crippen molar-refractivity contribution in [1.29, 1.82) is 0 Å². The fraction of sp³-hybridized carbons (Fsp3) is 0.318. The van der Waals surface area contributed by atoms with Crippen LogP contribution in [0.15, 0.2) is 47.5 Å². The predicted octanol–water partition coefficient (Wildman–Crippen LogP) is 1.61. The lowest BCUT2D eigenvalue weighted by molar-refractivity contribution is -0.133. The van der Waals surface area contributed by atoms with Crippen LogP contribution >= 0.6 is 0 Å². The molecule has 0 aliphatic carbocycles. The number of ether oxygens (including phenoxy) is 2. The normalized spacial score (nSPS) is 16.1. The maximum atomic E-state index is 13.5. The van der Waals surface area contributed by atoms with E-state index >= 15 is 0 Å². The fourth-order valence-corrected chi connectivity index (χ4v) is 3.94. The summed E-state index contributed by atoms with van der Waals surface area (Å²) in [5, 5.41) is 0.170. The highest BCUT2D eigenvalue weighted by atomic mass is 19.1. The molecular formula is C22H21FN4O4. The molecule has 0 spiro atoms. The van der Waals surface area contributed by atoms with Crippen LogP contribution in [0.25, 0.3) is 10.9 Å². The van der Waals surface area contributed by atoms with Crippen LogP contribution in [0.5, 0.6) is 11.5 Å². The van der Waals surface area contributed by atoms with Crippen molar-refractivity contribution in [1.82, 2.24) is 19.4 Å². The Balaban J connectivity index is 1.20. The second kappa shape index (κ2) is 7.99. The number of nitrogens with zero attached hydrogens (tertiary/aromatic N) is 4.